The summed E-state index contributed by atoms with van der Waals surface area (Å²) in [5.74, 6) is -0.383. The molecule has 0 bridgehead atoms. The van der Waals surface area contributed by atoms with Gasteiger partial charge in [0.1, 0.15) is 0 Å². The number of halogens is 1. The van der Waals surface area contributed by atoms with Crippen LogP contribution in [0.25, 0.3) is 5.69 Å². The van der Waals surface area contributed by atoms with E-state index in [9.17, 15) is 4.79 Å². The average molecular weight is 392 g/mol. The molecule has 3 heterocycles. The van der Waals surface area contributed by atoms with Crippen molar-refractivity contribution in [2.75, 3.05) is 26.9 Å². The van der Waals surface area contributed by atoms with Crippen LogP contribution in [0.4, 0.5) is 0 Å². The van der Waals surface area contributed by atoms with Gasteiger partial charge >= 0.3 is 5.97 Å². The molecule has 6 nitrogen and oxygen atoms in total. The number of carbonyl (C=O) groups excluding carboxylic acids is 1. The fourth-order valence-electron chi connectivity index (χ4n) is 3.27. The first-order chi connectivity index (χ1) is 11.7. The zero-order valence-electron chi connectivity index (χ0n) is 13.4. The molecule has 1 saturated heterocycles. The van der Waals surface area contributed by atoms with E-state index in [1.54, 1.807) is 0 Å². The van der Waals surface area contributed by atoms with Crippen LogP contribution >= 0.6 is 15.9 Å². The lowest BCUT2D eigenvalue weighted by Crippen LogP contribution is -2.50. The fraction of sp³-hybridized carbons (Fsp3) is 0.412. The SMILES string of the molecule is COC(=O)c1nn(-c2cccc(Br)c2)c2c1CN(C1COC1)CC2. The van der Waals surface area contributed by atoms with Crippen molar-refractivity contribution in [2.45, 2.75) is 19.0 Å². The molecule has 0 radical (unpaired) electrons. The van der Waals surface area contributed by atoms with Gasteiger partial charge in [-0.25, -0.2) is 9.48 Å². The number of benzene rings is 1. The van der Waals surface area contributed by atoms with Crippen LogP contribution in [-0.2, 0) is 22.4 Å². The van der Waals surface area contributed by atoms with Gasteiger partial charge in [0.15, 0.2) is 5.69 Å². The van der Waals surface area contributed by atoms with E-state index in [0.29, 0.717) is 18.3 Å². The number of aromatic nitrogens is 2. The third-order valence-electron chi connectivity index (χ3n) is 4.66. The van der Waals surface area contributed by atoms with Crippen LogP contribution in [-0.4, -0.2) is 53.6 Å². The Balaban J connectivity index is 1.77. The second kappa shape index (κ2) is 6.31. The summed E-state index contributed by atoms with van der Waals surface area (Å²) in [6.07, 6.45) is 0.850. The van der Waals surface area contributed by atoms with Crippen LogP contribution < -0.4 is 0 Å². The Morgan fingerprint density at radius 2 is 2.25 bits per heavy atom. The quantitative estimate of drug-likeness (QED) is 0.750. The number of carbonyl (C=O) groups is 1. The standard InChI is InChI=1S/C17H18BrN3O3/c1-23-17(22)16-14-8-20(13-9-24-10-13)6-5-15(14)21(19-16)12-4-2-3-11(18)7-12/h2-4,7,13H,5-6,8-10H2,1H3. The molecule has 7 heteroatoms. The highest BCUT2D eigenvalue weighted by Gasteiger charge is 2.34. The molecule has 0 N–H and O–H groups in total. The van der Waals surface area contributed by atoms with E-state index in [1.807, 2.05) is 28.9 Å². The Morgan fingerprint density at radius 3 is 2.92 bits per heavy atom. The molecule has 0 amide bonds. The summed E-state index contributed by atoms with van der Waals surface area (Å²) < 4.78 is 13.1. The van der Waals surface area contributed by atoms with Gasteiger partial charge in [-0.1, -0.05) is 22.0 Å². The van der Waals surface area contributed by atoms with Crippen molar-refractivity contribution in [1.29, 1.82) is 0 Å². The molecular formula is C17H18BrN3O3. The lowest BCUT2D eigenvalue weighted by Gasteiger charge is -2.39. The van der Waals surface area contributed by atoms with Gasteiger partial charge in [-0.3, -0.25) is 4.90 Å². The maximum atomic E-state index is 12.2. The Bertz CT molecular complexity index is 785. The lowest BCUT2D eigenvalue weighted by molar-refractivity contribution is -0.0696. The number of ether oxygens (including phenoxy) is 2. The predicted molar refractivity (Wildman–Crippen MR) is 91.3 cm³/mol. The van der Waals surface area contributed by atoms with Crippen molar-refractivity contribution in [3.63, 3.8) is 0 Å². The summed E-state index contributed by atoms with van der Waals surface area (Å²) in [6.45, 7) is 3.19. The Morgan fingerprint density at radius 1 is 1.42 bits per heavy atom. The molecule has 0 saturated carbocycles. The molecule has 0 atom stereocenters. The van der Waals surface area contributed by atoms with E-state index in [4.69, 9.17) is 9.47 Å². The van der Waals surface area contributed by atoms with Crippen LogP contribution in [0, 0.1) is 0 Å². The summed E-state index contributed by atoms with van der Waals surface area (Å²) in [6, 6.07) is 8.37. The molecule has 24 heavy (non-hydrogen) atoms. The summed E-state index contributed by atoms with van der Waals surface area (Å²) >= 11 is 3.50. The molecular weight excluding hydrogens is 374 g/mol. The first-order valence-corrected chi connectivity index (χ1v) is 8.73. The average Bonchev–Trinajstić information content (AvgIpc) is 2.91. The van der Waals surface area contributed by atoms with Gasteiger partial charge in [-0.05, 0) is 18.2 Å². The van der Waals surface area contributed by atoms with Crippen molar-refractivity contribution >= 4 is 21.9 Å². The van der Waals surface area contributed by atoms with E-state index >= 15 is 0 Å². The lowest BCUT2D eigenvalue weighted by atomic mass is 10.0. The summed E-state index contributed by atoms with van der Waals surface area (Å²) in [4.78, 5) is 14.6. The molecule has 2 aliphatic rings. The predicted octanol–water partition coefficient (Wildman–Crippen LogP) is 2.18. The van der Waals surface area contributed by atoms with Gasteiger partial charge < -0.3 is 9.47 Å². The minimum Gasteiger partial charge on any atom is -0.464 e. The van der Waals surface area contributed by atoms with Crippen molar-refractivity contribution in [3.8, 4) is 5.69 Å². The van der Waals surface area contributed by atoms with Crippen molar-refractivity contribution in [3.05, 3.63) is 45.7 Å². The second-order valence-electron chi connectivity index (χ2n) is 6.07. The molecule has 0 spiro atoms. The molecule has 126 valence electrons. The molecule has 1 aromatic heterocycles. The minimum atomic E-state index is -0.383. The summed E-state index contributed by atoms with van der Waals surface area (Å²) in [5.41, 5.74) is 3.42. The smallest absolute Gasteiger partial charge is 0.358 e. The second-order valence-corrected chi connectivity index (χ2v) is 6.98. The Labute approximate surface area is 148 Å². The Hall–Kier alpha value is -1.70. The van der Waals surface area contributed by atoms with E-state index in [-0.39, 0.29) is 5.97 Å². The van der Waals surface area contributed by atoms with E-state index < -0.39 is 0 Å². The van der Waals surface area contributed by atoms with Gasteiger partial charge in [-0.15, -0.1) is 0 Å². The van der Waals surface area contributed by atoms with Crippen LogP contribution in [0.15, 0.2) is 28.7 Å². The number of hydrogen-bond donors (Lipinski definition) is 0. The molecule has 0 unspecified atom stereocenters. The largest absolute Gasteiger partial charge is 0.464 e. The van der Waals surface area contributed by atoms with Gasteiger partial charge in [0.05, 0.1) is 37.7 Å². The monoisotopic (exact) mass is 391 g/mol. The van der Waals surface area contributed by atoms with Gasteiger partial charge in [0, 0.05) is 29.5 Å². The number of fused-ring (bicyclic) bond motifs is 1. The topological polar surface area (TPSA) is 56.6 Å². The Kier molecular flexibility index (Phi) is 4.15. The van der Waals surface area contributed by atoms with Crippen LogP contribution in [0.3, 0.4) is 0 Å². The van der Waals surface area contributed by atoms with Crippen molar-refractivity contribution in [2.24, 2.45) is 0 Å². The number of methoxy groups -OCH3 is 1. The highest BCUT2D eigenvalue weighted by atomic mass is 79.9. The molecule has 1 aromatic carbocycles. The number of nitrogens with zero attached hydrogens (tertiary/aromatic N) is 3. The van der Waals surface area contributed by atoms with Gasteiger partial charge in [0.2, 0.25) is 0 Å². The van der Waals surface area contributed by atoms with Crippen molar-refractivity contribution in [1.82, 2.24) is 14.7 Å². The highest BCUT2D eigenvalue weighted by Crippen LogP contribution is 2.29. The number of rotatable bonds is 3. The first-order valence-electron chi connectivity index (χ1n) is 7.94. The maximum absolute atomic E-state index is 12.2. The third-order valence-corrected chi connectivity index (χ3v) is 5.15. The van der Waals surface area contributed by atoms with E-state index in [1.165, 1.54) is 7.11 Å². The first kappa shape index (κ1) is 15.8. The van der Waals surface area contributed by atoms with Crippen LogP contribution in [0.1, 0.15) is 21.7 Å². The van der Waals surface area contributed by atoms with Crippen LogP contribution in [0.2, 0.25) is 0 Å². The number of hydrogen-bond acceptors (Lipinski definition) is 5. The normalized spacial score (nSPS) is 18.1. The van der Waals surface area contributed by atoms with Crippen LogP contribution in [0.5, 0.6) is 0 Å². The van der Waals surface area contributed by atoms with Gasteiger partial charge in [0.25, 0.3) is 0 Å². The highest BCUT2D eigenvalue weighted by molar-refractivity contribution is 9.10. The fourth-order valence-corrected chi connectivity index (χ4v) is 3.65. The maximum Gasteiger partial charge on any atom is 0.358 e. The number of esters is 1. The zero-order valence-corrected chi connectivity index (χ0v) is 15.0. The molecule has 4 rings (SSSR count). The van der Waals surface area contributed by atoms with Gasteiger partial charge in [-0.2, -0.15) is 5.10 Å². The molecule has 2 aliphatic heterocycles. The molecule has 0 aliphatic carbocycles. The molecule has 2 aromatic rings. The van der Waals surface area contributed by atoms with Crippen molar-refractivity contribution < 1.29 is 14.3 Å². The molecule has 1 fully saturated rings. The zero-order chi connectivity index (χ0) is 16.7. The summed E-state index contributed by atoms with van der Waals surface area (Å²) in [5, 5.41) is 4.57. The summed E-state index contributed by atoms with van der Waals surface area (Å²) in [7, 11) is 1.40. The van der Waals surface area contributed by atoms with E-state index in [0.717, 1.165) is 47.6 Å². The minimum absolute atomic E-state index is 0.383. The third kappa shape index (κ3) is 2.66. The van der Waals surface area contributed by atoms with E-state index in [2.05, 4.69) is 25.9 Å².